The van der Waals surface area contributed by atoms with Crippen molar-refractivity contribution in [2.45, 2.75) is 57.0 Å². The summed E-state index contributed by atoms with van der Waals surface area (Å²) >= 11 is 5.60. The van der Waals surface area contributed by atoms with Gasteiger partial charge in [0.25, 0.3) is 0 Å². The van der Waals surface area contributed by atoms with E-state index in [1.54, 1.807) is 0 Å². The average Bonchev–Trinajstić information content (AvgIpc) is 2.60. The summed E-state index contributed by atoms with van der Waals surface area (Å²) in [5.74, 6) is 1.55. The SMILES string of the molecule is CN1C2CCC1CC(CNC(=O)CCCCCl)C2. The first-order valence-corrected chi connectivity index (χ1v) is 7.78. The van der Waals surface area contributed by atoms with E-state index in [2.05, 4.69) is 17.3 Å². The summed E-state index contributed by atoms with van der Waals surface area (Å²) in [6.45, 7) is 0.876. The third kappa shape index (κ3) is 3.61. The molecule has 2 saturated heterocycles. The predicted octanol–water partition coefficient (Wildman–Crippen LogP) is 2.38. The van der Waals surface area contributed by atoms with Crippen LogP contribution in [0.2, 0.25) is 0 Å². The van der Waals surface area contributed by atoms with Gasteiger partial charge in [0.2, 0.25) is 5.91 Å². The number of nitrogens with zero attached hydrogens (tertiary/aromatic N) is 1. The molecule has 2 rings (SSSR count). The minimum absolute atomic E-state index is 0.200. The Kier molecular flexibility index (Phi) is 5.31. The van der Waals surface area contributed by atoms with E-state index in [9.17, 15) is 4.79 Å². The molecule has 0 aromatic rings. The van der Waals surface area contributed by atoms with Gasteiger partial charge in [-0.1, -0.05) is 0 Å². The van der Waals surface area contributed by atoms with Crippen molar-refractivity contribution in [2.24, 2.45) is 5.92 Å². The molecule has 1 amide bonds. The molecule has 104 valence electrons. The van der Waals surface area contributed by atoms with Gasteiger partial charge in [-0.05, 0) is 51.5 Å². The standard InChI is InChI=1S/C14H25ClN2O/c1-17-12-5-6-13(17)9-11(8-12)10-16-14(18)4-2-3-7-15/h11-13H,2-10H2,1H3,(H,16,18). The number of hydrogen-bond acceptors (Lipinski definition) is 2. The Balaban J connectivity index is 1.64. The molecule has 0 aromatic heterocycles. The second-order valence-electron chi connectivity index (χ2n) is 5.84. The minimum Gasteiger partial charge on any atom is -0.356 e. The van der Waals surface area contributed by atoms with Crippen LogP contribution in [-0.2, 0) is 4.79 Å². The number of halogens is 1. The second kappa shape index (κ2) is 6.76. The fraction of sp³-hybridized carbons (Fsp3) is 0.929. The van der Waals surface area contributed by atoms with Gasteiger partial charge in [-0.3, -0.25) is 4.79 Å². The molecular weight excluding hydrogens is 248 g/mol. The van der Waals surface area contributed by atoms with Crippen LogP contribution in [0.15, 0.2) is 0 Å². The molecule has 0 spiro atoms. The zero-order valence-corrected chi connectivity index (χ0v) is 12.1. The highest BCUT2D eigenvalue weighted by molar-refractivity contribution is 6.17. The van der Waals surface area contributed by atoms with Gasteiger partial charge in [0.05, 0.1) is 0 Å². The number of amides is 1. The minimum atomic E-state index is 0.200. The third-order valence-corrected chi connectivity index (χ3v) is 4.84. The molecule has 2 unspecified atom stereocenters. The Labute approximate surface area is 115 Å². The Morgan fingerprint density at radius 1 is 1.28 bits per heavy atom. The molecule has 2 atom stereocenters. The van der Waals surface area contributed by atoms with Crippen LogP contribution < -0.4 is 5.32 Å². The summed E-state index contributed by atoms with van der Waals surface area (Å²) in [7, 11) is 2.25. The molecule has 2 aliphatic heterocycles. The van der Waals surface area contributed by atoms with Gasteiger partial charge in [-0.15, -0.1) is 11.6 Å². The molecular formula is C14H25ClN2O. The number of piperidine rings is 1. The molecule has 18 heavy (non-hydrogen) atoms. The van der Waals surface area contributed by atoms with E-state index < -0.39 is 0 Å². The van der Waals surface area contributed by atoms with Gasteiger partial charge < -0.3 is 10.2 Å². The van der Waals surface area contributed by atoms with Crippen LogP contribution in [0, 0.1) is 5.92 Å². The van der Waals surface area contributed by atoms with E-state index in [1.807, 2.05) is 0 Å². The van der Waals surface area contributed by atoms with Gasteiger partial charge in [-0.2, -0.15) is 0 Å². The highest BCUT2D eigenvalue weighted by atomic mass is 35.5. The number of rotatable bonds is 6. The van der Waals surface area contributed by atoms with Crippen LogP contribution in [-0.4, -0.2) is 42.4 Å². The summed E-state index contributed by atoms with van der Waals surface area (Å²) in [5, 5.41) is 3.09. The first kappa shape index (κ1) is 14.1. The van der Waals surface area contributed by atoms with Crippen LogP contribution in [0.3, 0.4) is 0 Å². The number of fused-ring (bicyclic) bond motifs is 2. The van der Waals surface area contributed by atoms with Crippen molar-refractivity contribution in [2.75, 3.05) is 19.5 Å². The van der Waals surface area contributed by atoms with E-state index in [0.717, 1.165) is 31.5 Å². The highest BCUT2D eigenvalue weighted by Crippen LogP contribution is 2.36. The number of alkyl halides is 1. The van der Waals surface area contributed by atoms with E-state index in [0.29, 0.717) is 18.2 Å². The van der Waals surface area contributed by atoms with Crippen molar-refractivity contribution >= 4 is 17.5 Å². The summed E-state index contributed by atoms with van der Waals surface area (Å²) in [5.41, 5.74) is 0. The molecule has 0 aliphatic carbocycles. The number of nitrogens with one attached hydrogen (secondary N) is 1. The van der Waals surface area contributed by atoms with Crippen molar-refractivity contribution in [1.82, 2.24) is 10.2 Å². The largest absolute Gasteiger partial charge is 0.356 e. The monoisotopic (exact) mass is 272 g/mol. The van der Waals surface area contributed by atoms with Crippen molar-refractivity contribution in [3.63, 3.8) is 0 Å². The van der Waals surface area contributed by atoms with Crippen LogP contribution in [0.5, 0.6) is 0 Å². The molecule has 4 heteroatoms. The van der Waals surface area contributed by atoms with Crippen LogP contribution >= 0.6 is 11.6 Å². The molecule has 2 heterocycles. The Hall–Kier alpha value is -0.280. The van der Waals surface area contributed by atoms with Gasteiger partial charge >= 0.3 is 0 Å². The average molecular weight is 273 g/mol. The quantitative estimate of drug-likeness (QED) is 0.595. The molecule has 2 fully saturated rings. The Morgan fingerprint density at radius 2 is 1.94 bits per heavy atom. The first-order chi connectivity index (χ1) is 8.70. The van der Waals surface area contributed by atoms with Gasteiger partial charge in [0, 0.05) is 30.9 Å². The lowest BCUT2D eigenvalue weighted by Crippen LogP contribution is -2.43. The normalized spacial score (nSPS) is 31.6. The number of hydrogen-bond donors (Lipinski definition) is 1. The molecule has 0 saturated carbocycles. The van der Waals surface area contributed by atoms with Crippen LogP contribution in [0.25, 0.3) is 0 Å². The molecule has 0 aromatic carbocycles. The van der Waals surface area contributed by atoms with Crippen molar-refractivity contribution < 1.29 is 4.79 Å². The highest BCUT2D eigenvalue weighted by Gasteiger charge is 2.38. The van der Waals surface area contributed by atoms with Gasteiger partial charge in [0.15, 0.2) is 0 Å². The molecule has 2 bridgehead atoms. The van der Waals surface area contributed by atoms with E-state index in [4.69, 9.17) is 11.6 Å². The Morgan fingerprint density at radius 3 is 2.56 bits per heavy atom. The topological polar surface area (TPSA) is 32.3 Å². The van der Waals surface area contributed by atoms with Gasteiger partial charge in [-0.25, -0.2) is 0 Å². The van der Waals surface area contributed by atoms with Crippen LogP contribution in [0.4, 0.5) is 0 Å². The summed E-state index contributed by atoms with van der Waals surface area (Å²) in [6.07, 6.45) is 7.69. The number of unbranched alkanes of at least 4 members (excludes halogenated alkanes) is 1. The lowest BCUT2D eigenvalue weighted by molar-refractivity contribution is -0.121. The number of carbonyl (C=O) groups excluding carboxylic acids is 1. The lowest BCUT2D eigenvalue weighted by atomic mass is 9.91. The molecule has 1 N–H and O–H groups in total. The van der Waals surface area contributed by atoms with Crippen molar-refractivity contribution in [1.29, 1.82) is 0 Å². The van der Waals surface area contributed by atoms with Gasteiger partial charge in [0.1, 0.15) is 0 Å². The third-order valence-electron chi connectivity index (χ3n) is 4.57. The summed E-state index contributed by atoms with van der Waals surface area (Å²) in [4.78, 5) is 14.2. The lowest BCUT2D eigenvalue weighted by Gasteiger charge is -2.36. The van der Waals surface area contributed by atoms with Crippen LogP contribution in [0.1, 0.15) is 44.9 Å². The molecule has 3 nitrogen and oxygen atoms in total. The van der Waals surface area contributed by atoms with E-state index >= 15 is 0 Å². The maximum Gasteiger partial charge on any atom is 0.220 e. The molecule has 2 aliphatic rings. The Bertz CT molecular complexity index is 271. The second-order valence-corrected chi connectivity index (χ2v) is 6.22. The summed E-state index contributed by atoms with van der Waals surface area (Å²) in [6, 6.07) is 1.53. The summed E-state index contributed by atoms with van der Waals surface area (Å²) < 4.78 is 0. The number of carbonyl (C=O) groups is 1. The maximum absolute atomic E-state index is 11.6. The molecule has 0 radical (unpaired) electrons. The zero-order chi connectivity index (χ0) is 13.0. The van der Waals surface area contributed by atoms with E-state index in [1.165, 1.54) is 25.7 Å². The predicted molar refractivity (Wildman–Crippen MR) is 74.9 cm³/mol. The smallest absolute Gasteiger partial charge is 0.220 e. The fourth-order valence-corrected chi connectivity index (χ4v) is 3.61. The zero-order valence-electron chi connectivity index (χ0n) is 11.3. The fourth-order valence-electron chi connectivity index (χ4n) is 3.42. The first-order valence-electron chi connectivity index (χ1n) is 7.25. The van der Waals surface area contributed by atoms with Crippen molar-refractivity contribution in [3.8, 4) is 0 Å². The van der Waals surface area contributed by atoms with Crippen molar-refractivity contribution in [3.05, 3.63) is 0 Å². The maximum atomic E-state index is 11.6. The van der Waals surface area contributed by atoms with E-state index in [-0.39, 0.29) is 5.91 Å².